The third-order valence-electron chi connectivity index (χ3n) is 6.06. The minimum Gasteiger partial charge on any atom is -0.381 e. The van der Waals surface area contributed by atoms with Crippen LogP contribution in [0.25, 0.3) is 11.3 Å². The fraction of sp³-hybridized carbons (Fsp3) is 0.103. The molecule has 2 N–H and O–H groups in total. The summed E-state index contributed by atoms with van der Waals surface area (Å²) in [5, 5.41) is 25.4. The maximum atomic E-state index is 12.4. The lowest BCUT2D eigenvalue weighted by molar-refractivity contribution is 0.0907. The molecule has 0 saturated carbocycles. The first-order valence-corrected chi connectivity index (χ1v) is 12.7. The Morgan fingerprint density at radius 2 is 1.47 bits per heavy atom. The zero-order valence-corrected chi connectivity index (χ0v) is 21.7. The van der Waals surface area contributed by atoms with Gasteiger partial charge < -0.3 is 10.4 Å². The molecule has 0 spiro atoms. The van der Waals surface area contributed by atoms with E-state index in [1.54, 1.807) is 12.1 Å². The largest absolute Gasteiger partial charge is 0.381 e. The van der Waals surface area contributed by atoms with E-state index in [-0.39, 0.29) is 6.54 Å². The Bertz CT molecular complexity index is 1420. The molecule has 1 heterocycles. The Balaban J connectivity index is 1.63. The van der Waals surface area contributed by atoms with Gasteiger partial charge in [-0.3, -0.25) is 0 Å². The predicted molar refractivity (Wildman–Crippen MR) is 148 cm³/mol. The van der Waals surface area contributed by atoms with Crippen molar-refractivity contribution < 1.29 is 5.11 Å². The standard InChI is InChI=1S/C29H24BrClN4O/c30-24-13-17-26(18-14-24)32-20-29(36,23-11-15-25(31)16-12-23)28-27(22-9-5-2-6-10-22)35(34-33-28)19-21-7-3-1-4-8-21/h1-18,32,36H,19-20H2. The number of nitrogens with zero attached hydrogens (tertiary/aromatic N) is 3. The number of nitrogens with one attached hydrogen (secondary N) is 1. The van der Waals surface area contributed by atoms with Crippen LogP contribution in [0, 0.1) is 0 Å². The lowest BCUT2D eigenvalue weighted by Gasteiger charge is -2.29. The van der Waals surface area contributed by atoms with Crippen LogP contribution in [0.2, 0.25) is 5.02 Å². The first kappa shape index (κ1) is 24.3. The highest BCUT2D eigenvalue weighted by atomic mass is 79.9. The van der Waals surface area contributed by atoms with Crippen molar-refractivity contribution in [1.82, 2.24) is 15.0 Å². The van der Waals surface area contributed by atoms with E-state index in [4.69, 9.17) is 11.6 Å². The highest BCUT2D eigenvalue weighted by Crippen LogP contribution is 2.36. The smallest absolute Gasteiger partial charge is 0.153 e. The molecule has 0 amide bonds. The van der Waals surface area contributed by atoms with Crippen LogP contribution >= 0.6 is 27.5 Å². The zero-order chi connectivity index (χ0) is 25.0. The van der Waals surface area contributed by atoms with E-state index >= 15 is 0 Å². The third kappa shape index (κ3) is 5.21. The number of hydrogen-bond acceptors (Lipinski definition) is 4. The Labute approximate surface area is 223 Å². The molecule has 36 heavy (non-hydrogen) atoms. The van der Waals surface area contributed by atoms with E-state index in [0.717, 1.165) is 27.0 Å². The van der Waals surface area contributed by atoms with Crippen LogP contribution in [0.4, 0.5) is 5.69 Å². The maximum absolute atomic E-state index is 12.4. The van der Waals surface area contributed by atoms with Gasteiger partial charge in [-0.1, -0.05) is 106 Å². The lowest BCUT2D eigenvalue weighted by atomic mass is 9.87. The highest BCUT2D eigenvalue weighted by Gasteiger charge is 2.38. The molecular formula is C29H24BrClN4O. The van der Waals surface area contributed by atoms with Gasteiger partial charge >= 0.3 is 0 Å². The first-order valence-electron chi connectivity index (χ1n) is 11.5. The van der Waals surface area contributed by atoms with Gasteiger partial charge in [-0.05, 0) is 47.5 Å². The summed E-state index contributed by atoms with van der Waals surface area (Å²) in [7, 11) is 0. The predicted octanol–water partition coefficient (Wildman–Crippen LogP) is 6.76. The van der Waals surface area contributed by atoms with E-state index in [2.05, 4.69) is 43.7 Å². The number of hydrogen-bond donors (Lipinski definition) is 2. The van der Waals surface area contributed by atoms with E-state index < -0.39 is 5.60 Å². The molecule has 180 valence electrons. The van der Waals surface area contributed by atoms with Crippen molar-refractivity contribution in [3.63, 3.8) is 0 Å². The molecule has 0 aliphatic carbocycles. The Hall–Kier alpha value is -3.45. The van der Waals surface area contributed by atoms with Crippen LogP contribution < -0.4 is 5.32 Å². The van der Waals surface area contributed by atoms with Crippen LogP contribution in [0.1, 0.15) is 16.8 Å². The van der Waals surface area contributed by atoms with E-state index in [0.29, 0.717) is 22.8 Å². The molecule has 0 radical (unpaired) electrons. The van der Waals surface area contributed by atoms with Gasteiger partial charge in [-0.15, -0.1) is 5.10 Å². The van der Waals surface area contributed by atoms with E-state index in [1.165, 1.54) is 0 Å². The summed E-state index contributed by atoms with van der Waals surface area (Å²) in [6.45, 7) is 0.703. The Morgan fingerprint density at radius 1 is 0.833 bits per heavy atom. The van der Waals surface area contributed by atoms with Crippen molar-refractivity contribution in [1.29, 1.82) is 0 Å². The van der Waals surface area contributed by atoms with Gasteiger partial charge in [0.05, 0.1) is 18.8 Å². The SMILES string of the molecule is OC(CNc1ccc(Br)cc1)(c1ccc(Cl)cc1)c1nnn(Cc2ccccc2)c1-c1ccccc1. The number of aromatic nitrogens is 3. The maximum Gasteiger partial charge on any atom is 0.153 e. The molecule has 5 nitrogen and oxygen atoms in total. The highest BCUT2D eigenvalue weighted by molar-refractivity contribution is 9.10. The van der Waals surface area contributed by atoms with Gasteiger partial charge in [0.1, 0.15) is 5.69 Å². The fourth-order valence-corrected chi connectivity index (χ4v) is 4.58. The molecule has 1 unspecified atom stereocenters. The van der Waals surface area contributed by atoms with Gasteiger partial charge in [0.25, 0.3) is 0 Å². The average molecular weight is 560 g/mol. The van der Waals surface area contributed by atoms with E-state index in [1.807, 2.05) is 89.6 Å². The number of anilines is 1. The molecule has 0 aliphatic heterocycles. The molecule has 0 aliphatic rings. The second kappa shape index (κ2) is 10.7. The molecule has 7 heteroatoms. The minimum atomic E-state index is -1.49. The van der Waals surface area contributed by atoms with Gasteiger partial charge in [-0.25, -0.2) is 4.68 Å². The first-order chi connectivity index (χ1) is 17.5. The monoisotopic (exact) mass is 558 g/mol. The van der Waals surface area contributed by atoms with Crippen molar-refractivity contribution in [3.05, 3.63) is 136 Å². The van der Waals surface area contributed by atoms with Crippen LogP contribution in [-0.4, -0.2) is 26.6 Å². The minimum absolute atomic E-state index is 0.181. The summed E-state index contributed by atoms with van der Waals surface area (Å²) in [4.78, 5) is 0. The number of rotatable bonds is 8. The molecule has 4 aromatic carbocycles. The van der Waals surface area contributed by atoms with Crippen molar-refractivity contribution in [2.45, 2.75) is 12.1 Å². The number of halogens is 2. The van der Waals surface area contributed by atoms with Crippen LogP contribution in [0.15, 0.2) is 114 Å². The van der Waals surface area contributed by atoms with Gasteiger partial charge in [-0.2, -0.15) is 0 Å². The molecule has 5 aromatic rings. The molecule has 0 bridgehead atoms. The molecule has 0 fully saturated rings. The second-order valence-corrected chi connectivity index (χ2v) is 9.88. The molecule has 1 aromatic heterocycles. The van der Waals surface area contributed by atoms with Crippen LogP contribution in [-0.2, 0) is 12.1 Å². The summed E-state index contributed by atoms with van der Waals surface area (Å²) in [6, 6.07) is 35.1. The number of aliphatic hydroxyl groups is 1. The van der Waals surface area contributed by atoms with Crippen LogP contribution in [0.5, 0.6) is 0 Å². The van der Waals surface area contributed by atoms with Gasteiger partial charge in [0, 0.05) is 20.7 Å². The van der Waals surface area contributed by atoms with Gasteiger partial charge in [0.15, 0.2) is 5.60 Å². The lowest BCUT2D eigenvalue weighted by Crippen LogP contribution is -2.36. The van der Waals surface area contributed by atoms with Crippen molar-refractivity contribution in [2.75, 3.05) is 11.9 Å². The van der Waals surface area contributed by atoms with Crippen molar-refractivity contribution >= 4 is 33.2 Å². The molecule has 5 rings (SSSR count). The summed E-state index contributed by atoms with van der Waals surface area (Å²) < 4.78 is 2.83. The summed E-state index contributed by atoms with van der Waals surface area (Å²) >= 11 is 9.65. The summed E-state index contributed by atoms with van der Waals surface area (Å²) in [5.74, 6) is 0. The second-order valence-electron chi connectivity index (χ2n) is 8.52. The third-order valence-corrected chi connectivity index (χ3v) is 6.84. The average Bonchev–Trinajstić information content (AvgIpc) is 3.34. The normalized spacial score (nSPS) is 12.8. The number of benzene rings is 4. The zero-order valence-electron chi connectivity index (χ0n) is 19.4. The fourth-order valence-electron chi connectivity index (χ4n) is 4.19. The van der Waals surface area contributed by atoms with E-state index in [9.17, 15) is 5.11 Å². The van der Waals surface area contributed by atoms with Crippen molar-refractivity contribution in [3.8, 4) is 11.3 Å². The Kier molecular flexibility index (Phi) is 7.18. The topological polar surface area (TPSA) is 63.0 Å². The molecular weight excluding hydrogens is 536 g/mol. The summed E-state index contributed by atoms with van der Waals surface area (Å²) in [6.07, 6.45) is 0. The van der Waals surface area contributed by atoms with Crippen molar-refractivity contribution in [2.24, 2.45) is 0 Å². The van der Waals surface area contributed by atoms with Gasteiger partial charge in [0.2, 0.25) is 0 Å². The quantitative estimate of drug-likeness (QED) is 0.221. The Morgan fingerprint density at radius 3 is 2.14 bits per heavy atom. The summed E-state index contributed by atoms with van der Waals surface area (Å²) in [5.41, 5.74) is 3.30. The molecule has 1 atom stereocenters. The molecule has 0 saturated heterocycles. The van der Waals surface area contributed by atoms with Crippen LogP contribution in [0.3, 0.4) is 0 Å².